The van der Waals surface area contributed by atoms with Crippen molar-refractivity contribution in [2.75, 3.05) is 5.75 Å². The predicted octanol–water partition coefficient (Wildman–Crippen LogP) is 1.15. The van der Waals surface area contributed by atoms with E-state index in [0.29, 0.717) is 5.75 Å². The molecule has 0 saturated carbocycles. The van der Waals surface area contributed by atoms with Gasteiger partial charge in [-0.15, -0.1) is 0 Å². The molecule has 0 fully saturated rings. The van der Waals surface area contributed by atoms with Gasteiger partial charge in [0.15, 0.2) is 0 Å². The third-order valence-electron chi connectivity index (χ3n) is 1.90. The monoisotopic (exact) mass is 228 g/mol. The molecule has 0 bridgehead atoms. The van der Waals surface area contributed by atoms with Gasteiger partial charge < -0.3 is 10.0 Å². The van der Waals surface area contributed by atoms with Crippen LogP contribution in [0.4, 0.5) is 4.39 Å². The van der Waals surface area contributed by atoms with E-state index in [1.807, 2.05) is 0 Å². The van der Waals surface area contributed by atoms with Crippen LogP contribution >= 0.6 is 11.8 Å². The first kappa shape index (κ1) is 12.6. The Labute approximate surface area is 93.7 Å². The first-order valence-corrected chi connectivity index (χ1v) is 6.02. The van der Waals surface area contributed by atoms with E-state index in [1.54, 1.807) is 17.8 Å². The number of benzene rings is 1. The van der Waals surface area contributed by atoms with Gasteiger partial charge in [-0.2, -0.15) is 11.8 Å². The molecule has 1 rings (SSSR count). The van der Waals surface area contributed by atoms with Gasteiger partial charge in [0.1, 0.15) is 5.82 Å². The third kappa shape index (κ3) is 4.24. The number of hydrogen-bond acceptors (Lipinski definition) is 3. The van der Waals surface area contributed by atoms with Crippen LogP contribution in [-0.2, 0) is 5.75 Å². The Kier molecular flexibility index (Phi) is 5.15. The Hall–Kier alpha value is -0.515. The van der Waals surface area contributed by atoms with Gasteiger partial charge >= 0.3 is 7.12 Å². The summed E-state index contributed by atoms with van der Waals surface area (Å²) in [6.45, 7) is 2.08. The number of thioether (sulfide) groups is 1. The van der Waals surface area contributed by atoms with Crippen LogP contribution in [0.5, 0.6) is 0 Å². The molecule has 1 aromatic carbocycles. The van der Waals surface area contributed by atoms with Gasteiger partial charge in [0.2, 0.25) is 0 Å². The predicted molar refractivity (Wildman–Crippen MR) is 62.7 cm³/mol. The molecule has 0 aliphatic carbocycles. The molecule has 0 aliphatic rings. The van der Waals surface area contributed by atoms with Crippen LogP contribution in [0.1, 0.15) is 18.9 Å². The molecule has 0 saturated heterocycles. The molecule has 15 heavy (non-hydrogen) atoms. The van der Waals surface area contributed by atoms with Crippen molar-refractivity contribution in [3.05, 3.63) is 29.6 Å². The second-order valence-corrected chi connectivity index (χ2v) is 4.42. The Morgan fingerprint density at radius 3 is 2.67 bits per heavy atom. The Balaban J connectivity index is 2.71. The molecule has 82 valence electrons. The summed E-state index contributed by atoms with van der Waals surface area (Å²) in [6.07, 6.45) is 1.08. The summed E-state index contributed by atoms with van der Waals surface area (Å²) >= 11 is 1.71. The largest absolute Gasteiger partial charge is 0.488 e. The fourth-order valence-corrected chi connectivity index (χ4v) is 2.08. The summed E-state index contributed by atoms with van der Waals surface area (Å²) < 4.78 is 13.1. The zero-order chi connectivity index (χ0) is 11.3. The van der Waals surface area contributed by atoms with E-state index in [4.69, 9.17) is 10.0 Å². The topological polar surface area (TPSA) is 40.5 Å². The van der Waals surface area contributed by atoms with Crippen molar-refractivity contribution in [3.8, 4) is 0 Å². The molecule has 1 aromatic rings. The van der Waals surface area contributed by atoms with Crippen LogP contribution in [0.3, 0.4) is 0 Å². The molecule has 0 radical (unpaired) electrons. The third-order valence-corrected chi connectivity index (χ3v) is 3.13. The lowest BCUT2D eigenvalue weighted by molar-refractivity contribution is 0.425. The zero-order valence-corrected chi connectivity index (χ0v) is 9.43. The first-order valence-electron chi connectivity index (χ1n) is 4.86. The summed E-state index contributed by atoms with van der Waals surface area (Å²) in [5, 5.41) is 17.9. The lowest BCUT2D eigenvalue weighted by atomic mass is 9.79. The van der Waals surface area contributed by atoms with Crippen molar-refractivity contribution in [2.45, 2.75) is 19.1 Å². The Morgan fingerprint density at radius 2 is 2.07 bits per heavy atom. The molecule has 0 unspecified atom stereocenters. The second-order valence-electron chi connectivity index (χ2n) is 3.32. The Morgan fingerprint density at radius 1 is 1.33 bits per heavy atom. The highest BCUT2D eigenvalue weighted by Gasteiger charge is 2.12. The number of halogens is 1. The second kappa shape index (κ2) is 6.15. The average Bonchev–Trinajstić information content (AvgIpc) is 2.17. The molecule has 2 nitrogen and oxygen atoms in total. The summed E-state index contributed by atoms with van der Waals surface area (Å²) in [6, 6.07) is 4.18. The van der Waals surface area contributed by atoms with Crippen LogP contribution < -0.4 is 5.46 Å². The van der Waals surface area contributed by atoms with Crippen molar-refractivity contribution in [1.29, 1.82) is 0 Å². The highest BCUT2D eigenvalue weighted by molar-refractivity contribution is 7.98. The maximum atomic E-state index is 13.1. The number of hydrogen-bond donors (Lipinski definition) is 2. The highest BCUT2D eigenvalue weighted by atomic mass is 32.2. The lowest BCUT2D eigenvalue weighted by Crippen LogP contribution is -2.30. The number of rotatable bonds is 5. The van der Waals surface area contributed by atoms with Crippen molar-refractivity contribution in [1.82, 2.24) is 0 Å². The minimum absolute atomic E-state index is 0.210. The van der Waals surface area contributed by atoms with E-state index >= 15 is 0 Å². The molecule has 0 heterocycles. The molecule has 0 aromatic heterocycles. The van der Waals surface area contributed by atoms with Gasteiger partial charge in [0.25, 0.3) is 0 Å². The van der Waals surface area contributed by atoms with Crippen molar-refractivity contribution in [3.63, 3.8) is 0 Å². The first-order chi connectivity index (χ1) is 7.13. The molecular weight excluding hydrogens is 214 g/mol. The molecule has 5 heteroatoms. The van der Waals surface area contributed by atoms with Crippen LogP contribution in [0.25, 0.3) is 0 Å². The van der Waals surface area contributed by atoms with E-state index in [-0.39, 0.29) is 5.46 Å². The standard InChI is InChI=1S/C10H14BFO2S/c1-2-3-15-7-8-4-9(11(13)14)6-10(12)5-8/h4-6,13-14H,2-3,7H2,1H3. The van der Waals surface area contributed by atoms with Crippen molar-refractivity contribution >= 4 is 24.3 Å². The normalized spacial score (nSPS) is 10.4. The van der Waals surface area contributed by atoms with E-state index in [2.05, 4.69) is 6.92 Å². The minimum Gasteiger partial charge on any atom is -0.423 e. The lowest BCUT2D eigenvalue weighted by Gasteiger charge is -2.05. The summed E-state index contributed by atoms with van der Waals surface area (Å²) in [5.74, 6) is 1.30. The minimum atomic E-state index is -1.60. The molecule has 0 aliphatic heterocycles. The van der Waals surface area contributed by atoms with E-state index < -0.39 is 12.9 Å². The van der Waals surface area contributed by atoms with Gasteiger partial charge in [0, 0.05) is 5.75 Å². The SMILES string of the molecule is CCCSCc1cc(F)cc(B(O)O)c1. The average molecular weight is 228 g/mol. The van der Waals surface area contributed by atoms with Gasteiger partial charge in [-0.25, -0.2) is 4.39 Å². The summed E-state index contributed by atoms with van der Waals surface area (Å²) in [4.78, 5) is 0. The van der Waals surface area contributed by atoms with E-state index in [0.717, 1.165) is 23.8 Å². The molecular formula is C10H14BFO2S. The fraction of sp³-hybridized carbons (Fsp3) is 0.400. The van der Waals surface area contributed by atoms with Gasteiger partial charge in [-0.3, -0.25) is 0 Å². The van der Waals surface area contributed by atoms with Crippen molar-refractivity contribution in [2.24, 2.45) is 0 Å². The van der Waals surface area contributed by atoms with Crippen LogP contribution in [0.2, 0.25) is 0 Å². The maximum absolute atomic E-state index is 13.1. The zero-order valence-electron chi connectivity index (χ0n) is 8.61. The summed E-state index contributed by atoms with van der Waals surface area (Å²) in [5.41, 5.74) is 0.999. The quantitative estimate of drug-likeness (QED) is 0.586. The van der Waals surface area contributed by atoms with Gasteiger partial charge in [0.05, 0.1) is 0 Å². The van der Waals surface area contributed by atoms with Gasteiger partial charge in [-0.05, 0) is 35.3 Å². The smallest absolute Gasteiger partial charge is 0.423 e. The molecule has 0 spiro atoms. The van der Waals surface area contributed by atoms with Gasteiger partial charge in [-0.1, -0.05) is 13.0 Å². The van der Waals surface area contributed by atoms with E-state index in [1.165, 1.54) is 6.07 Å². The fourth-order valence-electron chi connectivity index (χ4n) is 1.24. The van der Waals surface area contributed by atoms with Crippen molar-refractivity contribution < 1.29 is 14.4 Å². The Bertz CT molecular complexity index is 320. The van der Waals surface area contributed by atoms with Crippen LogP contribution in [0, 0.1) is 5.82 Å². The van der Waals surface area contributed by atoms with Crippen LogP contribution in [0.15, 0.2) is 18.2 Å². The molecule has 2 N–H and O–H groups in total. The summed E-state index contributed by atoms with van der Waals surface area (Å²) in [7, 11) is -1.60. The molecule has 0 amide bonds. The van der Waals surface area contributed by atoms with Crippen LogP contribution in [-0.4, -0.2) is 22.9 Å². The maximum Gasteiger partial charge on any atom is 0.488 e. The molecule has 0 atom stereocenters. The highest BCUT2D eigenvalue weighted by Crippen LogP contribution is 2.13. The van der Waals surface area contributed by atoms with E-state index in [9.17, 15) is 4.39 Å².